The molecule has 0 saturated carbocycles. The molecule has 1 aliphatic rings. The lowest BCUT2D eigenvalue weighted by molar-refractivity contribution is 0.221. The van der Waals surface area contributed by atoms with Gasteiger partial charge in [0.1, 0.15) is 5.69 Å². The number of likely N-dealkylation sites (tertiary alicyclic amines) is 1. The Morgan fingerprint density at radius 3 is 2.79 bits per heavy atom. The van der Waals surface area contributed by atoms with Crippen molar-refractivity contribution in [3.63, 3.8) is 0 Å². The summed E-state index contributed by atoms with van der Waals surface area (Å²) in [6.07, 6.45) is 10.7. The zero-order valence-electron chi connectivity index (χ0n) is 15.5. The minimum Gasteiger partial charge on any atom is -0.332 e. The number of hydrogen-bond donors (Lipinski definition) is 0. The summed E-state index contributed by atoms with van der Waals surface area (Å²) in [4.78, 5) is 19.8. The van der Waals surface area contributed by atoms with Gasteiger partial charge in [0.05, 0.1) is 23.6 Å². The average molecular weight is 375 g/mol. The first kappa shape index (κ1) is 17.0. The lowest BCUT2D eigenvalue weighted by atomic mass is 10.1. The minimum absolute atomic E-state index is 0.357. The molecular formula is C20H21N7O. The molecule has 0 bridgehead atoms. The summed E-state index contributed by atoms with van der Waals surface area (Å²) in [6.45, 7) is 4.44. The molecule has 0 atom stereocenters. The quantitative estimate of drug-likeness (QED) is 0.530. The van der Waals surface area contributed by atoms with Gasteiger partial charge in [-0.2, -0.15) is 4.98 Å². The smallest absolute Gasteiger partial charge is 0.278 e. The maximum absolute atomic E-state index is 5.33. The third-order valence-electron chi connectivity index (χ3n) is 5.19. The summed E-state index contributed by atoms with van der Waals surface area (Å²) < 4.78 is 7.55. The first-order valence-electron chi connectivity index (χ1n) is 9.64. The van der Waals surface area contributed by atoms with E-state index in [0.717, 1.165) is 29.7 Å². The number of imidazole rings is 1. The number of piperidine rings is 1. The van der Waals surface area contributed by atoms with Crippen molar-refractivity contribution >= 4 is 11.0 Å². The predicted octanol–water partition coefficient (Wildman–Crippen LogP) is 3.03. The van der Waals surface area contributed by atoms with Gasteiger partial charge in [0.2, 0.25) is 5.82 Å². The molecule has 3 aromatic heterocycles. The minimum atomic E-state index is 0.357. The molecule has 4 heterocycles. The van der Waals surface area contributed by atoms with Crippen molar-refractivity contribution in [3.8, 4) is 23.0 Å². The number of aromatic nitrogens is 6. The lowest BCUT2D eigenvalue weighted by Gasteiger charge is -2.26. The summed E-state index contributed by atoms with van der Waals surface area (Å²) in [5.74, 6) is 0.876. The molecule has 4 aromatic rings. The summed E-state index contributed by atoms with van der Waals surface area (Å²) in [5, 5.41) is 4.08. The van der Waals surface area contributed by atoms with Gasteiger partial charge in [-0.1, -0.05) is 11.6 Å². The molecule has 8 nitrogen and oxygen atoms in total. The van der Waals surface area contributed by atoms with Crippen LogP contribution in [0.25, 0.3) is 34.0 Å². The maximum Gasteiger partial charge on any atom is 0.278 e. The van der Waals surface area contributed by atoms with E-state index in [0.29, 0.717) is 17.4 Å². The molecule has 0 N–H and O–H groups in total. The van der Waals surface area contributed by atoms with Gasteiger partial charge >= 0.3 is 0 Å². The molecule has 28 heavy (non-hydrogen) atoms. The molecule has 0 unspecified atom stereocenters. The van der Waals surface area contributed by atoms with Gasteiger partial charge in [-0.05, 0) is 44.1 Å². The Bertz CT molecular complexity index is 1070. The van der Waals surface area contributed by atoms with E-state index in [1.165, 1.54) is 32.4 Å². The Labute approximate surface area is 162 Å². The monoisotopic (exact) mass is 375 g/mol. The first-order chi connectivity index (χ1) is 13.9. The van der Waals surface area contributed by atoms with Crippen LogP contribution in [0.5, 0.6) is 0 Å². The van der Waals surface area contributed by atoms with Gasteiger partial charge in [0.15, 0.2) is 0 Å². The van der Waals surface area contributed by atoms with Crippen molar-refractivity contribution in [2.24, 2.45) is 0 Å². The lowest BCUT2D eigenvalue weighted by Crippen LogP contribution is -2.32. The van der Waals surface area contributed by atoms with Crippen LogP contribution < -0.4 is 0 Å². The fourth-order valence-electron chi connectivity index (χ4n) is 3.67. The van der Waals surface area contributed by atoms with E-state index < -0.39 is 0 Å². The highest BCUT2D eigenvalue weighted by Crippen LogP contribution is 2.24. The van der Waals surface area contributed by atoms with Crippen molar-refractivity contribution < 1.29 is 4.52 Å². The number of nitrogens with zero attached hydrogens (tertiary/aromatic N) is 7. The highest BCUT2D eigenvalue weighted by atomic mass is 16.5. The summed E-state index contributed by atoms with van der Waals surface area (Å²) >= 11 is 0. The van der Waals surface area contributed by atoms with E-state index in [1.54, 1.807) is 18.6 Å². The van der Waals surface area contributed by atoms with E-state index in [4.69, 9.17) is 4.52 Å². The van der Waals surface area contributed by atoms with Gasteiger partial charge in [-0.3, -0.25) is 4.98 Å². The maximum atomic E-state index is 5.33. The highest BCUT2D eigenvalue weighted by molar-refractivity contribution is 5.80. The first-order valence-corrected chi connectivity index (χ1v) is 9.64. The van der Waals surface area contributed by atoms with Crippen LogP contribution in [0.15, 0.2) is 47.6 Å². The van der Waals surface area contributed by atoms with Crippen LogP contribution in [0, 0.1) is 0 Å². The molecule has 1 aliphatic heterocycles. The van der Waals surface area contributed by atoms with E-state index in [2.05, 4.69) is 40.6 Å². The van der Waals surface area contributed by atoms with Crippen molar-refractivity contribution in [2.75, 3.05) is 19.6 Å². The van der Waals surface area contributed by atoms with Crippen LogP contribution in [0.4, 0.5) is 0 Å². The highest BCUT2D eigenvalue weighted by Gasteiger charge is 2.14. The SMILES string of the molecule is c1cnc(-c2nc(-c3ccc4c(c3)ncn4CCN3CCCCC3)no2)cn1. The van der Waals surface area contributed by atoms with Crippen molar-refractivity contribution in [1.82, 2.24) is 34.6 Å². The van der Waals surface area contributed by atoms with Gasteiger partial charge in [-0.25, -0.2) is 9.97 Å². The third kappa shape index (κ3) is 3.38. The van der Waals surface area contributed by atoms with Gasteiger partial charge in [-0.15, -0.1) is 0 Å². The largest absolute Gasteiger partial charge is 0.332 e. The van der Waals surface area contributed by atoms with Crippen LogP contribution in [0.3, 0.4) is 0 Å². The molecule has 0 amide bonds. The summed E-state index contributed by atoms with van der Waals surface area (Å²) in [7, 11) is 0. The molecule has 8 heteroatoms. The zero-order valence-corrected chi connectivity index (χ0v) is 15.5. The third-order valence-corrected chi connectivity index (χ3v) is 5.19. The van der Waals surface area contributed by atoms with Crippen molar-refractivity contribution in [1.29, 1.82) is 0 Å². The standard InChI is InChI=1S/C20H21N7O/c1-2-8-26(9-3-1)10-11-27-14-23-16-12-15(4-5-18(16)27)19-24-20(28-25-19)17-13-21-6-7-22-17/h4-7,12-14H,1-3,8-11H2. The summed E-state index contributed by atoms with van der Waals surface area (Å²) in [5.41, 5.74) is 3.48. The Kier molecular flexibility index (Phi) is 4.54. The number of hydrogen-bond acceptors (Lipinski definition) is 7. The average Bonchev–Trinajstić information content (AvgIpc) is 3.41. The Morgan fingerprint density at radius 2 is 1.93 bits per heavy atom. The molecule has 0 aliphatic carbocycles. The van der Waals surface area contributed by atoms with Gasteiger partial charge < -0.3 is 14.0 Å². The zero-order chi connectivity index (χ0) is 18.8. The van der Waals surface area contributed by atoms with E-state index in [9.17, 15) is 0 Å². The van der Waals surface area contributed by atoms with Crippen LogP contribution in [-0.2, 0) is 6.54 Å². The molecular weight excluding hydrogens is 354 g/mol. The van der Waals surface area contributed by atoms with E-state index >= 15 is 0 Å². The van der Waals surface area contributed by atoms with Crippen LogP contribution in [0.1, 0.15) is 19.3 Å². The second-order valence-corrected chi connectivity index (χ2v) is 7.06. The number of benzene rings is 1. The second kappa shape index (κ2) is 7.47. The Balaban J connectivity index is 1.35. The fraction of sp³-hybridized carbons (Fsp3) is 0.350. The Hall–Kier alpha value is -3.13. The summed E-state index contributed by atoms with van der Waals surface area (Å²) in [6, 6.07) is 6.08. The van der Waals surface area contributed by atoms with E-state index in [-0.39, 0.29) is 0 Å². The van der Waals surface area contributed by atoms with Crippen LogP contribution in [0.2, 0.25) is 0 Å². The van der Waals surface area contributed by atoms with Crippen LogP contribution >= 0.6 is 0 Å². The molecule has 5 rings (SSSR count). The van der Waals surface area contributed by atoms with Crippen molar-refractivity contribution in [3.05, 3.63) is 43.1 Å². The number of fused-ring (bicyclic) bond motifs is 1. The number of rotatable bonds is 5. The molecule has 142 valence electrons. The van der Waals surface area contributed by atoms with Crippen molar-refractivity contribution in [2.45, 2.75) is 25.8 Å². The second-order valence-electron chi connectivity index (χ2n) is 7.06. The van der Waals surface area contributed by atoms with Gasteiger partial charge in [0, 0.05) is 31.0 Å². The topological polar surface area (TPSA) is 85.8 Å². The van der Waals surface area contributed by atoms with Gasteiger partial charge in [0.25, 0.3) is 5.89 Å². The molecule has 0 radical (unpaired) electrons. The van der Waals surface area contributed by atoms with E-state index in [1.807, 2.05) is 18.5 Å². The van der Waals surface area contributed by atoms with Crippen LogP contribution in [-0.4, -0.2) is 54.2 Å². The Morgan fingerprint density at radius 1 is 1.00 bits per heavy atom. The normalized spacial score (nSPS) is 15.3. The predicted molar refractivity (Wildman–Crippen MR) is 104 cm³/mol. The fourth-order valence-corrected chi connectivity index (χ4v) is 3.67. The molecule has 1 saturated heterocycles. The molecule has 1 aromatic carbocycles. The molecule has 1 fully saturated rings. The molecule has 0 spiro atoms.